The number of Topliss-reactive ketones (excluding diaryl/α,β-unsaturated/α-hetero) is 2. The molecule has 1 aliphatic heterocycles. The van der Waals surface area contributed by atoms with Crippen LogP contribution in [0.1, 0.15) is 46.5 Å². The van der Waals surface area contributed by atoms with Crippen molar-refractivity contribution in [2.24, 2.45) is 0 Å². The van der Waals surface area contributed by atoms with Crippen LogP contribution in [-0.2, 0) is 9.47 Å². The summed E-state index contributed by atoms with van der Waals surface area (Å²) in [7, 11) is 0. The molecule has 1 aliphatic rings. The van der Waals surface area contributed by atoms with E-state index in [0.717, 1.165) is 5.56 Å². The quantitative estimate of drug-likeness (QED) is 0.546. The molecule has 0 bridgehead atoms. The number of ether oxygens (including phenoxy) is 3. The first kappa shape index (κ1) is 19.3. The van der Waals surface area contributed by atoms with Crippen LogP contribution in [0.4, 0.5) is 0 Å². The lowest BCUT2D eigenvalue weighted by Gasteiger charge is -2.17. The molecule has 0 aliphatic carbocycles. The third kappa shape index (κ3) is 5.25. The summed E-state index contributed by atoms with van der Waals surface area (Å²) in [5.74, 6) is -0.318. The molecular formula is C22H24O5. The average molecular weight is 368 g/mol. The van der Waals surface area contributed by atoms with Crippen molar-refractivity contribution < 1.29 is 23.8 Å². The Morgan fingerprint density at radius 2 is 1.56 bits per heavy atom. The molecular weight excluding hydrogens is 344 g/mol. The minimum absolute atomic E-state index is 0.117. The normalized spacial score (nSPS) is 18.3. The third-order valence-electron chi connectivity index (χ3n) is 4.37. The van der Waals surface area contributed by atoms with Gasteiger partial charge in [-0.1, -0.05) is 29.8 Å². The summed E-state index contributed by atoms with van der Waals surface area (Å²) in [6.07, 6.45) is -0.264. The van der Waals surface area contributed by atoms with E-state index in [1.807, 2.05) is 32.9 Å². The second kappa shape index (κ2) is 8.03. The van der Waals surface area contributed by atoms with E-state index in [2.05, 4.69) is 0 Å². The number of benzene rings is 2. The van der Waals surface area contributed by atoms with Gasteiger partial charge in [0.15, 0.2) is 17.4 Å². The maximum atomic E-state index is 12.3. The zero-order chi connectivity index (χ0) is 19.4. The molecule has 0 aromatic heterocycles. The van der Waals surface area contributed by atoms with E-state index in [0.29, 0.717) is 30.1 Å². The van der Waals surface area contributed by atoms with Gasteiger partial charge in [0.1, 0.15) is 18.5 Å². The summed E-state index contributed by atoms with van der Waals surface area (Å²) < 4.78 is 16.9. The SMILES string of the molecule is Cc1ccc(C(=O)CC(=O)c2ccc(OCC3COC(C)(C)O3)cc2)cc1. The molecule has 27 heavy (non-hydrogen) atoms. The monoisotopic (exact) mass is 368 g/mol. The fourth-order valence-electron chi connectivity index (χ4n) is 2.86. The zero-order valence-corrected chi connectivity index (χ0v) is 15.9. The van der Waals surface area contributed by atoms with Gasteiger partial charge in [-0.3, -0.25) is 9.59 Å². The molecule has 1 atom stereocenters. The minimum atomic E-state index is -0.575. The number of carbonyl (C=O) groups is 2. The predicted molar refractivity (Wildman–Crippen MR) is 101 cm³/mol. The van der Waals surface area contributed by atoms with Crippen LogP contribution in [0.5, 0.6) is 5.75 Å². The van der Waals surface area contributed by atoms with Crippen molar-refractivity contribution in [3.63, 3.8) is 0 Å². The maximum Gasteiger partial charge on any atom is 0.170 e. The second-order valence-electron chi connectivity index (χ2n) is 7.18. The molecule has 2 aromatic rings. The number of carbonyl (C=O) groups excluding carboxylic acids is 2. The van der Waals surface area contributed by atoms with Crippen LogP contribution < -0.4 is 4.74 Å². The Balaban J connectivity index is 1.52. The fourth-order valence-corrected chi connectivity index (χ4v) is 2.86. The Bertz CT molecular complexity index is 806. The number of ketones is 2. The standard InChI is InChI=1S/C22H24O5/c1-15-4-6-16(7-5-15)20(23)12-21(24)17-8-10-18(11-9-17)25-13-19-14-26-22(2,3)27-19/h4-11,19H,12-14H2,1-3H3. The van der Waals surface area contributed by atoms with Crippen LogP contribution in [0.2, 0.25) is 0 Å². The van der Waals surface area contributed by atoms with E-state index in [-0.39, 0.29) is 24.1 Å². The van der Waals surface area contributed by atoms with Crippen LogP contribution in [0, 0.1) is 6.92 Å². The van der Waals surface area contributed by atoms with Gasteiger partial charge in [0, 0.05) is 11.1 Å². The number of rotatable bonds is 7. The fraction of sp³-hybridized carbons (Fsp3) is 0.364. The van der Waals surface area contributed by atoms with Crippen molar-refractivity contribution >= 4 is 11.6 Å². The molecule has 2 aromatic carbocycles. The largest absolute Gasteiger partial charge is 0.491 e. The van der Waals surface area contributed by atoms with Crippen molar-refractivity contribution in [1.29, 1.82) is 0 Å². The smallest absolute Gasteiger partial charge is 0.170 e. The van der Waals surface area contributed by atoms with Crippen LogP contribution in [-0.4, -0.2) is 36.7 Å². The Labute approximate surface area is 159 Å². The van der Waals surface area contributed by atoms with Gasteiger partial charge in [0.2, 0.25) is 0 Å². The van der Waals surface area contributed by atoms with E-state index in [1.165, 1.54) is 0 Å². The Hall–Kier alpha value is -2.50. The molecule has 0 radical (unpaired) electrons. The molecule has 5 heteroatoms. The van der Waals surface area contributed by atoms with Crippen LogP contribution in [0.15, 0.2) is 48.5 Å². The van der Waals surface area contributed by atoms with E-state index >= 15 is 0 Å². The first-order valence-corrected chi connectivity index (χ1v) is 9.00. The molecule has 1 fully saturated rings. The molecule has 0 amide bonds. The highest BCUT2D eigenvalue weighted by molar-refractivity contribution is 6.13. The van der Waals surface area contributed by atoms with E-state index in [4.69, 9.17) is 14.2 Å². The van der Waals surface area contributed by atoms with Crippen LogP contribution in [0.3, 0.4) is 0 Å². The van der Waals surface area contributed by atoms with E-state index in [9.17, 15) is 9.59 Å². The molecule has 0 spiro atoms. The van der Waals surface area contributed by atoms with E-state index < -0.39 is 5.79 Å². The molecule has 142 valence electrons. The van der Waals surface area contributed by atoms with Crippen LogP contribution in [0.25, 0.3) is 0 Å². The molecule has 0 saturated carbocycles. The minimum Gasteiger partial charge on any atom is -0.491 e. The molecule has 1 saturated heterocycles. The Kier molecular flexibility index (Phi) is 5.73. The zero-order valence-electron chi connectivity index (χ0n) is 15.9. The predicted octanol–water partition coefficient (Wildman–Crippen LogP) is 3.98. The van der Waals surface area contributed by atoms with Crippen LogP contribution >= 0.6 is 0 Å². The van der Waals surface area contributed by atoms with Gasteiger partial charge in [-0.25, -0.2) is 0 Å². The van der Waals surface area contributed by atoms with Gasteiger partial charge >= 0.3 is 0 Å². The lowest BCUT2D eigenvalue weighted by Crippen LogP contribution is -2.25. The lowest BCUT2D eigenvalue weighted by molar-refractivity contribution is -0.141. The molecule has 0 N–H and O–H groups in total. The maximum absolute atomic E-state index is 12.3. The number of hydrogen-bond donors (Lipinski definition) is 0. The van der Waals surface area contributed by atoms with Gasteiger partial charge in [-0.2, -0.15) is 0 Å². The van der Waals surface area contributed by atoms with E-state index in [1.54, 1.807) is 36.4 Å². The van der Waals surface area contributed by atoms with Gasteiger partial charge in [-0.05, 0) is 45.0 Å². The second-order valence-corrected chi connectivity index (χ2v) is 7.18. The molecule has 5 nitrogen and oxygen atoms in total. The summed E-state index contributed by atoms with van der Waals surface area (Å²) in [6, 6.07) is 14.0. The van der Waals surface area contributed by atoms with Crippen molar-refractivity contribution in [1.82, 2.24) is 0 Å². The highest BCUT2D eigenvalue weighted by atomic mass is 16.7. The Morgan fingerprint density at radius 1 is 1.00 bits per heavy atom. The van der Waals surface area contributed by atoms with Gasteiger partial charge in [0.25, 0.3) is 0 Å². The third-order valence-corrected chi connectivity index (χ3v) is 4.37. The summed E-state index contributed by atoms with van der Waals surface area (Å²) in [4.78, 5) is 24.6. The van der Waals surface area contributed by atoms with Crippen molar-refractivity contribution in [2.45, 2.75) is 39.1 Å². The molecule has 3 rings (SSSR count). The summed E-state index contributed by atoms with van der Waals surface area (Å²) in [5, 5.41) is 0. The number of hydrogen-bond acceptors (Lipinski definition) is 5. The number of aryl methyl sites for hydroxylation is 1. The van der Waals surface area contributed by atoms with Gasteiger partial charge in [0.05, 0.1) is 13.0 Å². The summed E-state index contributed by atoms with van der Waals surface area (Å²) in [5.41, 5.74) is 2.12. The topological polar surface area (TPSA) is 61.8 Å². The highest BCUT2D eigenvalue weighted by Gasteiger charge is 2.32. The average Bonchev–Trinajstić information content (AvgIpc) is 2.99. The highest BCUT2D eigenvalue weighted by Crippen LogP contribution is 2.23. The lowest BCUT2D eigenvalue weighted by atomic mass is 10.0. The van der Waals surface area contributed by atoms with Crippen molar-refractivity contribution in [3.05, 3.63) is 65.2 Å². The van der Waals surface area contributed by atoms with Gasteiger partial charge < -0.3 is 14.2 Å². The molecule has 1 heterocycles. The molecule has 1 unspecified atom stereocenters. The summed E-state index contributed by atoms with van der Waals surface area (Å²) in [6.45, 7) is 6.56. The summed E-state index contributed by atoms with van der Waals surface area (Å²) >= 11 is 0. The van der Waals surface area contributed by atoms with Crippen molar-refractivity contribution in [2.75, 3.05) is 13.2 Å². The Morgan fingerprint density at radius 3 is 2.07 bits per heavy atom. The van der Waals surface area contributed by atoms with Gasteiger partial charge in [-0.15, -0.1) is 0 Å². The first-order chi connectivity index (χ1) is 12.8. The van der Waals surface area contributed by atoms with Crippen molar-refractivity contribution in [3.8, 4) is 5.75 Å². The first-order valence-electron chi connectivity index (χ1n) is 9.00.